The Kier molecular flexibility index (Phi) is 4.61. The predicted molar refractivity (Wildman–Crippen MR) is 83.4 cm³/mol. The monoisotopic (exact) mass is 319 g/mol. The summed E-state index contributed by atoms with van der Waals surface area (Å²) in [5, 5.41) is 9.18. The third-order valence-corrected chi connectivity index (χ3v) is 4.05. The molecule has 0 saturated heterocycles. The topological polar surface area (TPSA) is 23.5 Å². The Morgan fingerprint density at radius 1 is 1.11 bits per heavy atom. The normalized spacial score (nSPS) is 10.5. The fourth-order valence-electron chi connectivity index (χ4n) is 2.04. The lowest BCUT2D eigenvalue weighted by Gasteiger charge is -2.21. The number of aliphatic hydroxyl groups is 1. The molecule has 0 radical (unpaired) electrons. The van der Waals surface area contributed by atoms with Crippen LogP contribution in [0.15, 0.2) is 46.9 Å². The van der Waals surface area contributed by atoms with E-state index in [9.17, 15) is 5.11 Å². The molecule has 2 nitrogen and oxygen atoms in total. The number of rotatable bonds is 4. The van der Waals surface area contributed by atoms with Crippen LogP contribution in [0.5, 0.6) is 0 Å². The highest BCUT2D eigenvalue weighted by Crippen LogP contribution is 2.25. The van der Waals surface area contributed by atoms with Gasteiger partial charge in [0.05, 0.1) is 6.61 Å². The van der Waals surface area contributed by atoms with Crippen LogP contribution >= 0.6 is 15.9 Å². The van der Waals surface area contributed by atoms with Crippen LogP contribution in [0.3, 0.4) is 0 Å². The molecule has 2 aromatic carbocycles. The maximum atomic E-state index is 9.18. The molecule has 0 aliphatic heterocycles. The van der Waals surface area contributed by atoms with E-state index in [0.717, 1.165) is 22.3 Å². The highest BCUT2D eigenvalue weighted by atomic mass is 79.9. The molecule has 0 aliphatic carbocycles. The highest BCUT2D eigenvalue weighted by molar-refractivity contribution is 9.10. The van der Waals surface area contributed by atoms with Crippen molar-refractivity contribution < 1.29 is 5.11 Å². The average molecular weight is 320 g/mol. The lowest BCUT2D eigenvalue weighted by Crippen LogP contribution is -2.17. The number of halogens is 1. The van der Waals surface area contributed by atoms with Crippen molar-refractivity contribution in [3.8, 4) is 0 Å². The summed E-state index contributed by atoms with van der Waals surface area (Å²) in [5.41, 5.74) is 4.67. The van der Waals surface area contributed by atoms with Crippen LogP contribution < -0.4 is 4.90 Å². The fourth-order valence-corrected chi connectivity index (χ4v) is 2.53. The first kappa shape index (κ1) is 14.1. The second-order valence-corrected chi connectivity index (χ2v) is 5.57. The van der Waals surface area contributed by atoms with E-state index in [-0.39, 0.29) is 6.61 Å². The van der Waals surface area contributed by atoms with Crippen molar-refractivity contribution in [1.82, 2.24) is 0 Å². The van der Waals surface area contributed by atoms with Gasteiger partial charge in [0.1, 0.15) is 0 Å². The molecule has 19 heavy (non-hydrogen) atoms. The number of aryl methyl sites for hydroxylation is 1. The minimum absolute atomic E-state index is 0.0579. The van der Waals surface area contributed by atoms with Crippen molar-refractivity contribution in [1.29, 1.82) is 0 Å². The molecule has 0 fully saturated rings. The molecule has 0 spiro atoms. The standard InChI is InChI=1S/C16H18BrNO/c1-12-5-3-4-6-13(12)10-18(2)15-8-7-14(11-19)16(17)9-15/h3-9,19H,10-11H2,1-2H3. The molecule has 0 aromatic heterocycles. The SMILES string of the molecule is Cc1ccccc1CN(C)c1ccc(CO)c(Br)c1. The van der Waals surface area contributed by atoms with E-state index < -0.39 is 0 Å². The summed E-state index contributed by atoms with van der Waals surface area (Å²) in [7, 11) is 2.08. The van der Waals surface area contributed by atoms with E-state index in [1.54, 1.807) is 0 Å². The minimum Gasteiger partial charge on any atom is -0.392 e. The van der Waals surface area contributed by atoms with Crippen LogP contribution in [0.4, 0.5) is 5.69 Å². The van der Waals surface area contributed by atoms with Crippen LogP contribution in [0, 0.1) is 6.92 Å². The first-order chi connectivity index (χ1) is 9.11. The van der Waals surface area contributed by atoms with E-state index in [4.69, 9.17) is 0 Å². The van der Waals surface area contributed by atoms with Gasteiger partial charge in [0, 0.05) is 23.8 Å². The zero-order valence-electron chi connectivity index (χ0n) is 11.2. The molecule has 0 aliphatic rings. The van der Waals surface area contributed by atoms with E-state index >= 15 is 0 Å². The van der Waals surface area contributed by atoms with Gasteiger partial charge in [-0.05, 0) is 35.7 Å². The number of hydrogen-bond donors (Lipinski definition) is 1. The third kappa shape index (κ3) is 3.37. The molecule has 0 atom stereocenters. The molecule has 0 amide bonds. The van der Waals surface area contributed by atoms with Gasteiger partial charge in [-0.3, -0.25) is 0 Å². The van der Waals surface area contributed by atoms with Crippen molar-refractivity contribution in [3.05, 3.63) is 63.6 Å². The van der Waals surface area contributed by atoms with Gasteiger partial charge in [-0.2, -0.15) is 0 Å². The maximum absolute atomic E-state index is 9.18. The summed E-state index contributed by atoms with van der Waals surface area (Å²) < 4.78 is 0.948. The van der Waals surface area contributed by atoms with Gasteiger partial charge in [-0.1, -0.05) is 46.3 Å². The summed E-state index contributed by atoms with van der Waals surface area (Å²) in [4.78, 5) is 2.20. The van der Waals surface area contributed by atoms with Crippen molar-refractivity contribution in [2.24, 2.45) is 0 Å². The average Bonchev–Trinajstić information content (AvgIpc) is 2.41. The fraction of sp³-hybridized carbons (Fsp3) is 0.250. The smallest absolute Gasteiger partial charge is 0.0692 e. The lowest BCUT2D eigenvalue weighted by atomic mass is 10.1. The molecule has 2 aromatic rings. The summed E-state index contributed by atoms with van der Waals surface area (Å²) in [5.74, 6) is 0. The Morgan fingerprint density at radius 3 is 2.47 bits per heavy atom. The molecule has 0 bridgehead atoms. The molecule has 100 valence electrons. The van der Waals surface area contributed by atoms with Gasteiger partial charge in [0.15, 0.2) is 0 Å². The Bertz CT molecular complexity index is 568. The van der Waals surface area contributed by atoms with Crippen molar-refractivity contribution in [3.63, 3.8) is 0 Å². The number of benzene rings is 2. The van der Waals surface area contributed by atoms with Gasteiger partial charge < -0.3 is 10.0 Å². The Morgan fingerprint density at radius 2 is 1.84 bits per heavy atom. The van der Waals surface area contributed by atoms with Crippen molar-refractivity contribution >= 4 is 21.6 Å². The van der Waals surface area contributed by atoms with Crippen LogP contribution in [0.25, 0.3) is 0 Å². The van der Waals surface area contributed by atoms with Gasteiger partial charge in [0.2, 0.25) is 0 Å². The molecule has 0 unspecified atom stereocenters. The zero-order valence-corrected chi connectivity index (χ0v) is 12.8. The maximum Gasteiger partial charge on any atom is 0.0692 e. The van der Waals surface area contributed by atoms with Crippen LogP contribution in [0.2, 0.25) is 0 Å². The predicted octanol–water partition coefficient (Wildman–Crippen LogP) is 3.89. The molecule has 0 saturated carbocycles. The van der Waals surface area contributed by atoms with Crippen molar-refractivity contribution in [2.75, 3.05) is 11.9 Å². The lowest BCUT2D eigenvalue weighted by molar-refractivity contribution is 0.281. The number of aliphatic hydroxyl groups excluding tert-OH is 1. The van der Waals surface area contributed by atoms with E-state index in [2.05, 4.69) is 59.1 Å². The van der Waals surface area contributed by atoms with Crippen molar-refractivity contribution in [2.45, 2.75) is 20.1 Å². The minimum atomic E-state index is 0.0579. The molecule has 3 heteroatoms. The molecule has 1 N–H and O–H groups in total. The quantitative estimate of drug-likeness (QED) is 0.924. The molecular formula is C16H18BrNO. The van der Waals surface area contributed by atoms with Gasteiger partial charge in [0.25, 0.3) is 0 Å². The number of anilines is 1. The van der Waals surface area contributed by atoms with E-state index in [1.165, 1.54) is 11.1 Å². The third-order valence-electron chi connectivity index (χ3n) is 3.32. The highest BCUT2D eigenvalue weighted by Gasteiger charge is 2.06. The molecule has 2 rings (SSSR count). The molecule has 0 heterocycles. The van der Waals surface area contributed by atoms with E-state index in [1.807, 2.05) is 18.2 Å². The Labute approximate surface area is 122 Å². The second-order valence-electron chi connectivity index (χ2n) is 4.72. The van der Waals surface area contributed by atoms with Gasteiger partial charge in [-0.15, -0.1) is 0 Å². The first-order valence-corrected chi connectivity index (χ1v) is 7.06. The molecular weight excluding hydrogens is 302 g/mol. The van der Waals surface area contributed by atoms with Crippen LogP contribution in [-0.2, 0) is 13.2 Å². The Balaban J connectivity index is 2.18. The Hall–Kier alpha value is -1.32. The first-order valence-electron chi connectivity index (χ1n) is 6.26. The number of hydrogen-bond acceptors (Lipinski definition) is 2. The summed E-state index contributed by atoms with van der Waals surface area (Å²) >= 11 is 3.49. The van der Waals surface area contributed by atoms with Gasteiger partial charge >= 0.3 is 0 Å². The largest absolute Gasteiger partial charge is 0.392 e. The van der Waals surface area contributed by atoms with Crippen LogP contribution in [0.1, 0.15) is 16.7 Å². The summed E-state index contributed by atoms with van der Waals surface area (Å²) in [6, 6.07) is 14.5. The summed E-state index contributed by atoms with van der Waals surface area (Å²) in [6.45, 7) is 3.06. The second kappa shape index (κ2) is 6.22. The number of nitrogens with zero attached hydrogens (tertiary/aromatic N) is 1. The summed E-state index contributed by atoms with van der Waals surface area (Å²) in [6.07, 6.45) is 0. The van der Waals surface area contributed by atoms with E-state index in [0.29, 0.717) is 0 Å². The van der Waals surface area contributed by atoms with Crippen LogP contribution in [-0.4, -0.2) is 12.2 Å². The zero-order chi connectivity index (χ0) is 13.8. The van der Waals surface area contributed by atoms with Gasteiger partial charge in [-0.25, -0.2) is 0 Å².